The molecule has 1 aliphatic rings. The van der Waals surface area contributed by atoms with Crippen molar-refractivity contribution in [2.45, 2.75) is 17.8 Å². The van der Waals surface area contributed by atoms with Gasteiger partial charge in [-0.25, -0.2) is 13.6 Å². The number of alkyl halides is 3. The Morgan fingerprint density at radius 3 is 2.19 bits per heavy atom. The molecule has 2 aromatic rings. The van der Waals surface area contributed by atoms with E-state index < -0.39 is 21.3 Å². The molecule has 3 rings (SSSR count). The van der Waals surface area contributed by atoms with Crippen LogP contribution in [0.3, 0.4) is 0 Å². The number of ether oxygens (including phenoxy) is 1. The third-order valence-corrected chi connectivity index (χ3v) is 5.68. The van der Waals surface area contributed by atoms with E-state index in [4.69, 9.17) is 5.14 Å². The topological polar surface area (TPSA) is 119 Å². The molecule has 0 radical (unpaired) electrons. The van der Waals surface area contributed by atoms with Gasteiger partial charge in [0.15, 0.2) is 0 Å². The number of non-ortho nitro benzene ring substituents is 1. The molecule has 2 N–H and O–H groups in total. The zero-order valence-corrected chi connectivity index (χ0v) is 16.9. The first kappa shape index (κ1) is 22.8. The summed E-state index contributed by atoms with van der Waals surface area (Å²) in [5, 5.41) is 16.2. The van der Waals surface area contributed by atoms with Gasteiger partial charge in [0, 0.05) is 44.9 Å². The number of nitrogens with two attached hydrogens (primary N) is 1. The van der Waals surface area contributed by atoms with E-state index in [1.54, 1.807) is 17.0 Å². The second-order valence-corrected chi connectivity index (χ2v) is 8.44. The number of primary sulfonamides is 1. The molecular weight excluding hydrogens is 441 g/mol. The summed E-state index contributed by atoms with van der Waals surface area (Å²) < 4.78 is 64.4. The van der Waals surface area contributed by atoms with Gasteiger partial charge in [-0.2, -0.15) is 0 Å². The number of nitro groups is 1. The molecule has 0 spiro atoms. The number of benzene rings is 2. The van der Waals surface area contributed by atoms with Gasteiger partial charge in [0.05, 0.1) is 10.6 Å². The van der Waals surface area contributed by atoms with Crippen molar-refractivity contribution in [3.63, 3.8) is 0 Å². The summed E-state index contributed by atoms with van der Waals surface area (Å²) in [6.45, 7) is 2.46. The highest BCUT2D eigenvalue weighted by molar-refractivity contribution is 7.89. The summed E-state index contributed by atoms with van der Waals surface area (Å²) in [5.74, 6) is -0.297. The van der Waals surface area contributed by atoms with Gasteiger partial charge in [-0.3, -0.25) is 15.0 Å². The fourth-order valence-electron chi connectivity index (χ4n) is 3.31. The minimum absolute atomic E-state index is 0.293. The first-order valence-corrected chi connectivity index (χ1v) is 10.6. The molecular formula is C18H19F3N4O5S. The molecule has 0 saturated carbocycles. The third-order valence-electron chi connectivity index (χ3n) is 4.74. The molecule has 0 atom stereocenters. The first-order chi connectivity index (χ1) is 14.4. The van der Waals surface area contributed by atoms with Gasteiger partial charge in [-0.05, 0) is 23.8 Å². The Morgan fingerprint density at radius 2 is 1.68 bits per heavy atom. The van der Waals surface area contributed by atoms with Crippen LogP contribution in [0.5, 0.6) is 5.75 Å². The summed E-state index contributed by atoms with van der Waals surface area (Å²) >= 11 is 0. The maximum Gasteiger partial charge on any atom is 0.573 e. The molecule has 9 nitrogen and oxygen atoms in total. The van der Waals surface area contributed by atoms with E-state index in [0.29, 0.717) is 38.4 Å². The molecule has 31 heavy (non-hydrogen) atoms. The van der Waals surface area contributed by atoms with Crippen molar-refractivity contribution in [2.24, 2.45) is 5.14 Å². The van der Waals surface area contributed by atoms with Crippen molar-refractivity contribution in [3.8, 4) is 5.75 Å². The number of piperazine rings is 1. The van der Waals surface area contributed by atoms with Crippen molar-refractivity contribution in [2.75, 3.05) is 31.1 Å². The van der Waals surface area contributed by atoms with Crippen molar-refractivity contribution >= 4 is 21.4 Å². The molecule has 0 aromatic heterocycles. The average molecular weight is 460 g/mol. The van der Waals surface area contributed by atoms with Gasteiger partial charge >= 0.3 is 6.36 Å². The van der Waals surface area contributed by atoms with Crippen LogP contribution in [-0.2, 0) is 16.6 Å². The summed E-state index contributed by atoms with van der Waals surface area (Å²) in [5.41, 5.74) is 0.717. The number of nitro benzene ring substituents is 1. The zero-order valence-electron chi connectivity index (χ0n) is 16.1. The third kappa shape index (κ3) is 6.06. The van der Waals surface area contributed by atoms with E-state index in [0.717, 1.165) is 11.6 Å². The molecule has 1 saturated heterocycles. The zero-order chi connectivity index (χ0) is 22.8. The van der Waals surface area contributed by atoms with Crippen LogP contribution < -0.4 is 14.8 Å². The van der Waals surface area contributed by atoms with Gasteiger partial charge in [-0.15, -0.1) is 13.2 Å². The van der Waals surface area contributed by atoms with Gasteiger partial charge in [0.25, 0.3) is 5.69 Å². The number of rotatable bonds is 6. The lowest BCUT2D eigenvalue weighted by atomic mass is 10.1. The highest BCUT2D eigenvalue weighted by atomic mass is 32.2. The summed E-state index contributed by atoms with van der Waals surface area (Å²) in [6, 6.07) is 9.11. The molecule has 0 unspecified atom stereocenters. The Hall–Kier alpha value is -2.90. The largest absolute Gasteiger partial charge is 0.573 e. The number of anilines is 1. The van der Waals surface area contributed by atoms with Crippen molar-refractivity contribution in [3.05, 3.63) is 58.1 Å². The standard InChI is InChI=1S/C18H19F3N4O5S/c19-18(20,21)30-15-4-1-13(2-5-15)12-23-7-9-24(10-8-23)16-6-3-14(25(26)27)11-17(16)31(22,28)29/h1-6,11H,7-10,12H2,(H2,22,28,29). The Kier molecular flexibility index (Phi) is 6.38. The van der Waals surface area contributed by atoms with Crippen LogP contribution in [0, 0.1) is 10.1 Å². The van der Waals surface area contributed by atoms with Crippen LogP contribution in [0.2, 0.25) is 0 Å². The number of hydrogen-bond acceptors (Lipinski definition) is 7. The van der Waals surface area contributed by atoms with Crippen molar-refractivity contribution in [1.82, 2.24) is 4.90 Å². The molecule has 1 fully saturated rings. The van der Waals surface area contributed by atoms with Crippen LogP contribution in [-0.4, -0.2) is 50.8 Å². The fourth-order valence-corrected chi connectivity index (χ4v) is 4.08. The minimum Gasteiger partial charge on any atom is -0.406 e. The second-order valence-electron chi connectivity index (χ2n) is 6.91. The van der Waals surface area contributed by atoms with Crippen LogP contribution >= 0.6 is 0 Å². The molecule has 0 amide bonds. The number of sulfonamides is 1. The maximum atomic E-state index is 12.2. The summed E-state index contributed by atoms with van der Waals surface area (Å²) in [4.78, 5) is 13.8. The Balaban J connectivity index is 1.65. The van der Waals surface area contributed by atoms with Crippen molar-refractivity contribution in [1.29, 1.82) is 0 Å². The number of hydrogen-bond donors (Lipinski definition) is 1. The first-order valence-electron chi connectivity index (χ1n) is 9.05. The van der Waals surface area contributed by atoms with Gasteiger partial charge in [0.2, 0.25) is 10.0 Å². The summed E-state index contributed by atoms with van der Waals surface area (Å²) in [6.07, 6.45) is -4.74. The monoisotopic (exact) mass is 460 g/mol. The fraction of sp³-hybridized carbons (Fsp3) is 0.333. The van der Waals surface area contributed by atoms with Crippen molar-refractivity contribution < 1.29 is 31.2 Å². The predicted molar refractivity (Wildman–Crippen MR) is 105 cm³/mol. The highest BCUT2D eigenvalue weighted by Crippen LogP contribution is 2.30. The van der Waals surface area contributed by atoms with Crippen LogP contribution in [0.25, 0.3) is 0 Å². The average Bonchev–Trinajstić information content (AvgIpc) is 2.68. The van der Waals surface area contributed by atoms with E-state index in [1.165, 1.54) is 24.3 Å². The molecule has 168 valence electrons. The highest BCUT2D eigenvalue weighted by Gasteiger charge is 2.31. The SMILES string of the molecule is NS(=O)(=O)c1cc([N+](=O)[O-])ccc1N1CCN(Cc2ccc(OC(F)(F)F)cc2)CC1. The lowest BCUT2D eigenvalue weighted by Crippen LogP contribution is -2.46. The second kappa shape index (κ2) is 8.69. The Labute approximate surface area is 176 Å². The lowest BCUT2D eigenvalue weighted by molar-refractivity contribution is -0.385. The van der Waals surface area contributed by atoms with Crippen LogP contribution in [0.4, 0.5) is 24.5 Å². The smallest absolute Gasteiger partial charge is 0.406 e. The number of nitrogens with zero attached hydrogens (tertiary/aromatic N) is 3. The lowest BCUT2D eigenvalue weighted by Gasteiger charge is -2.36. The normalized spacial score (nSPS) is 15.7. The van der Waals surface area contributed by atoms with Crippen LogP contribution in [0.1, 0.15) is 5.56 Å². The van der Waals surface area contributed by atoms with E-state index in [9.17, 15) is 31.7 Å². The molecule has 13 heteroatoms. The minimum atomic E-state index is -4.74. The number of halogens is 3. The van der Waals surface area contributed by atoms with Crippen LogP contribution in [0.15, 0.2) is 47.4 Å². The van der Waals surface area contributed by atoms with Gasteiger partial charge in [-0.1, -0.05) is 12.1 Å². The summed E-state index contributed by atoms with van der Waals surface area (Å²) in [7, 11) is -4.17. The maximum absolute atomic E-state index is 12.2. The molecule has 0 bridgehead atoms. The van der Waals surface area contributed by atoms with Gasteiger partial charge in [0.1, 0.15) is 10.6 Å². The Morgan fingerprint density at radius 1 is 1.06 bits per heavy atom. The Bertz CT molecular complexity index is 1050. The molecule has 0 aliphatic carbocycles. The molecule has 2 aromatic carbocycles. The van der Waals surface area contributed by atoms with E-state index in [1.807, 2.05) is 0 Å². The van der Waals surface area contributed by atoms with E-state index in [2.05, 4.69) is 9.64 Å². The predicted octanol–water partition coefficient (Wildman–Crippen LogP) is 2.46. The van der Waals surface area contributed by atoms with Gasteiger partial charge < -0.3 is 9.64 Å². The quantitative estimate of drug-likeness (QED) is 0.520. The van der Waals surface area contributed by atoms with E-state index >= 15 is 0 Å². The van der Waals surface area contributed by atoms with E-state index in [-0.39, 0.29) is 16.3 Å². The molecule has 1 aliphatic heterocycles. The molecule has 1 heterocycles.